The van der Waals surface area contributed by atoms with Gasteiger partial charge in [0.15, 0.2) is 0 Å². The number of unbranched alkanes of at least 4 members (excludes halogenated alkanes) is 1. The van der Waals surface area contributed by atoms with Gasteiger partial charge in [-0.2, -0.15) is 0 Å². The lowest BCUT2D eigenvalue weighted by atomic mass is 10.0. The van der Waals surface area contributed by atoms with Crippen molar-refractivity contribution in [3.05, 3.63) is 71.4 Å². The third-order valence-electron chi connectivity index (χ3n) is 9.41. The standard InChI is InChI=1S/C39H50N8O4.C2H4O2.2C2H6/c1-24(2)34(40-5)37(48)41-20-8-7-11-33-42-23-31(43-33)28-17-14-26(15-18-28)12-13-27-16-19-29-30(22-27)45-36(44-29)32-10-9-21-47(32)38(49)35(25(3)4)46-39(50)51-6;1-4-2-3;2*1-2/h14-19,22-25,32,34-35,40H,7-11,20-21H2,1-6H3,(H,41,48)(H,42,43)(H,44,45)(H,46,50);2H,1H3;2*1-2H3/t32?,34-,35?;;;/m0.../s1. The van der Waals surface area contributed by atoms with E-state index in [9.17, 15) is 14.4 Å². The van der Waals surface area contributed by atoms with E-state index in [0.29, 0.717) is 19.6 Å². The fourth-order valence-corrected chi connectivity index (χ4v) is 6.48. The van der Waals surface area contributed by atoms with Gasteiger partial charge in [0.25, 0.3) is 6.47 Å². The Bertz CT molecular complexity index is 1940. The van der Waals surface area contributed by atoms with Crippen LogP contribution in [0, 0.1) is 23.7 Å². The van der Waals surface area contributed by atoms with E-state index in [2.05, 4.69) is 47.5 Å². The number of rotatable bonds is 14. The Morgan fingerprint density at radius 3 is 2.19 bits per heavy atom. The Kier molecular flexibility index (Phi) is 22.1. The average Bonchev–Trinajstić information content (AvgIpc) is 4.04. The minimum absolute atomic E-state index is 0.0458. The fraction of sp³-hybridized carbons (Fsp3) is 0.511. The number of carbonyl (C=O) groups is 4. The largest absolute Gasteiger partial charge is 0.471 e. The van der Waals surface area contributed by atoms with E-state index in [1.165, 1.54) is 14.2 Å². The molecular weight excluding hydrogens is 749 g/mol. The molecule has 0 spiro atoms. The third-order valence-corrected chi connectivity index (χ3v) is 9.41. The maximum atomic E-state index is 13.5. The Morgan fingerprint density at radius 2 is 1.58 bits per heavy atom. The van der Waals surface area contributed by atoms with E-state index in [4.69, 9.17) is 14.5 Å². The smallest absolute Gasteiger partial charge is 0.407 e. The SMILES string of the molecule is CC.CC.CN[C@H](C(=O)NCCCCc1ncc(-c2ccc(C#Cc3ccc4nc(C5CCCN5C(=O)C(NC(=O)OC)C(C)C)[nH]c4c3)cc2)[nH]1)C(C)C.COC=O. The summed E-state index contributed by atoms with van der Waals surface area (Å²) < 4.78 is 8.61. The summed E-state index contributed by atoms with van der Waals surface area (Å²) in [6, 6.07) is 12.9. The molecule has 2 unspecified atom stereocenters. The second-order valence-electron chi connectivity index (χ2n) is 14.1. The number of likely N-dealkylation sites (tertiary alicyclic amines) is 1. The molecule has 2 aromatic carbocycles. The number of likely N-dealkylation sites (N-methyl/N-ethyl adjacent to an activating group) is 1. The topological polar surface area (TPSA) is 183 Å². The van der Waals surface area contributed by atoms with Crippen LogP contribution in [0.4, 0.5) is 4.79 Å². The van der Waals surface area contributed by atoms with Gasteiger partial charge < -0.3 is 40.3 Å². The van der Waals surface area contributed by atoms with Crippen LogP contribution in [0.25, 0.3) is 22.3 Å². The van der Waals surface area contributed by atoms with Crippen LogP contribution >= 0.6 is 0 Å². The van der Waals surface area contributed by atoms with Crippen molar-refractivity contribution in [2.75, 3.05) is 34.4 Å². The molecule has 59 heavy (non-hydrogen) atoms. The summed E-state index contributed by atoms with van der Waals surface area (Å²) in [5.41, 5.74) is 5.39. The van der Waals surface area contributed by atoms with Gasteiger partial charge in [0.1, 0.15) is 17.7 Å². The van der Waals surface area contributed by atoms with E-state index in [0.717, 1.165) is 77.2 Å². The number of H-pyrrole nitrogens is 2. The van der Waals surface area contributed by atoms with E-state index in [1.807, 2.05) is 116 Å². The summed E-state index contributed by atoms with van der Waals surface area (Å²) in [4.78, 5) is 64.7. The number of carbonyl (C=O) groups excluding carboxylic acids is 4. The number of aromatic amines is 2. The Labute approximate surface area is 350 Å². The zero-order valence-electron chi connectivity index (χ0n) is 36.8. The van der Waals surface area contributed by atoms with Crippen molar-refractivity contribution in [2.24, 2.45) is 11.8 Å². The van der Waals surface area contributed by atoms with Gasteiger partial charge in [0.2, 0.25) is 11.8 Å². The van der Waals surface area contributed by atoms with Crippen molar-refractivity contribution in [1.82, 2.24) is 40.8 Å². The van der Waals surface area contributed by atoms with Crippen molar-refractivity contribution in [2.45, 2.75) is 106 Å². The number of nitrogens with zero attached hydrogens (tertiary/aromatic N) is 3. The van der Waals surface area contributed by atoms with Crippen molar-refractivity contribution in [1.29, 1.82) is 0 Å². The van der Waals surface area contributed by atoms with Crippen LogP contribution in [0.2, 0.25) is 0 Å². The lowest BCUT2D eigenvalue weighted by molar-refractivity contribution is -0.135. The molecule has 1 saturated heterocycles. The summed E-state index contributed by atoms with van der Waals surface area (Å²) in [6.07, 6.45) is 5.49. The van der Waals surface area contributed by atoms with Gasteiger partial charge in [0, 0.05) is 30.6 Å². The predicted molar refractivity (Wildman–Crippen MR) is 233 cm³/mol. The zero-order valence-corrected chi connectivity index (χ0v) is 36.8. The van der Waals surface area contributed by atoms with Gasteiger partial charge in [-0.3, -0.25) is 14.4 Å². The molecule has 0 saturated carbocycles. The van der Waals surface area contributed by atoms with Crippen molar-refractivity contribution >= 4 is 35.4 Å². The maximum absolute atomic E-state index is 13.5. The number of fused-ring (bicyclic) bond motifs is 1. The molecule has 1 aliphatic rings. The molecule has 5 N–H and O–H groups in total. The molecule has 3 atom stereocenters. The average molecular weight is 815 g/mol. The maximum Gasteiger partial charge on any atom is 0.407 e. The predicted octanol–water partition coefficient (Wildman–Crippen LogP) is 6.92. The molecule has 14 heteroatoms. The van der Waals surface area contributed by atoms with Crippen LogP contribution in [0.15, 0.2) is 48.7 Å². The summed E-state index contributed by atoms with van der Waals surface area (Å²) in [7, 11) is 4.42. The van der Waals surface area contributed by atoms with Gasteiger partial charge in [-0.15, -0.1) is 0 Å². The molecule has 14 nitrogen and oxygen atoms in total. The van der Waals surface area contributed by atoms with Gasteiger partial charge >= 0.3 is 6.09 Å². The fourth-order valence-electron chi connectivity index (χ4n) is 6.48. The number of benzene rings is 2. The monoisotopic (exact) mass is 815 g/mol. The molecule has 2 aromatic heterocycles. The molecule has 1 aliphatic heterocycles. The number of alkyl carbamates (subject to hydrolysis) is 1. The highest BCUT2D eigenvalue weighted by atomic mass is 16.5. The quantitative estimate of drug-likeness (QED) is 0.0513. The highest BCUT2D eigenvalue weighted by Gasteiger charge is 2.37. The number of ether oxygens (including phenoxy) is 2. The number of hydrogen-bond donors (Lipinski definition) is 5. The molecule has 0 aliphatic carbocycles. The van der Waals surface area contributed by atoms with Gasteiger partial charge in [-0.05, 0) is 80.5 Å². The number of aromatic nitrogens is 4. The molecule has 322 valence electrons. The molecule has 1 fully saturated rings. The van der Waals surface area contributed by atoms with Crippen LogP contribution in [0.3, 0.4) is 0 Å². The normalized spacial score (nSPS) is 13.9. The second-order valence-corrected chi connectivity index (χ2v) is 14.1. The number of methoxy groups -OCH3 is 2. The first-order valence-electron chi connectivity index (χ1n) is 20.7. The molecule has 4 aromatic rings. The second kappa shape index (κ2) is 26.3. The number of amides is 3. The molecule has 3 amide bonds. The van der Waals surface area contributed by atoms with Gasteiger partial charge in [-0.1, -0.05) is 79.4 Å². The first-order valence-corrected chi connectivity index (χ1v) is 20.7. The number of aryl methyl sites for hydroxylation is 1. The van der Waals surface area contributed by atoms with Gasteiger partial charge in [0.05, 0.1) is 49.2 Å². The van der Waals surface area contributed by atoms with E-state index < -0.39 is 12.1 Å². The minimum Gasteiger partial charge on any atom is -0.471 e. The lowest BCUT2D eigenvalue weighted by Gasteiger charge is -2.29. The number of imidazole rings is 2. The summed E-state index contributed by atoms with van der Waals surface area (Å²) in [5.74, 6) is 8.23. The molecule has 3 heterocycles. The minimum atomic E-state index is -0.681. The van der Waals surface area contributed by atoms with Crippen LogP contribution in [0.1, 0.15) is 110 Å². The Balaban J connectivity index is 0.00000139. The van der Waals surface area contributed by atoms with E-state index in [-0.39, 0.29) is 35.7 Å². The van der Waals surface area contributed by atoms with Gasteiger partial charge in [-0.25, -0.2) is 14.8 Å². The first kappa shape index (κ1) is 49.5. The molecular formula is C45H66N8O6. The Morgan fingerprint density at radius 1 is 0.932 bits per heavy atom. The van der Waals surface area contributed by atoms with Crippen LogP contribution < -0.4 is 16.0 Å². The van der Waals surface area contributed by atoms with Crippen LogP contribution in [-0.2, 0) is 30.3 Å². The molecule has 0 radical (unpaired) electrons. The van der Waals surface area contributed by atoms with Crippen molar-refractivity contribution in [3.63, 3.8) is 0 Å². The molecule has 0 bridgehead atoms. The lowest BCUT2D eigenvalue weighted by Crippen LogP contribution is -2.51. The van der Waals surface area contributed by atoms with Crippen molar-refractivity contribution < 1.29 is 28.7 Å². The van der Waals surface area contributed by atoms with Crippen LogP contribution in [-0.4, -0.2) is 95.7 Å². The highest BCUT2D eigenvalue weighted by Crippen LogP contribution is 2.33. The summed E-state index contributed by atoms with van der Waals surface area (Å²) >= 11 is 0. The zero-order chi connectivity index (χ0) is 43.9. The van der Waals surface area contributed by atoms with E-state index >= 15 is 0 Å². The van der Waals surface area contributed by atoms with Crippen LogP contribution in [0.5, 0.6) is 0 Å². The Hall–Kier alpha value is -5.68. The summed E-state index contributed by atoms with van der Waals surface area (Å²) in [6.45, 7) is 17.5. The third kappa shape index (κ3) is 14.9. The summed E-state index contributed by atoms with van der Waals surface area (Å²) in [5, 5.41) is 8.79. The number of nitrogens with one attached hydrogen (secondary N) is 5. The van der Waals surface area contributed by atoms with E-state index in [1.54, 1.807) is 0 Å². The highest BCUT2D eigenvalue weighted by molar-refractivity contribution is 5.86. The molecule has 5 rings (SSSR count). The van der Waals surface area contributed by atoms with Crippen molar-refractivity contribution in [3.8, 4) is 23.1 Å². The first-order chi connectivity index (χ1) is 28.5. The number of hydrogen-bond acceptors (Lipinski definition) is 9.